The number of aromatic nitrogens is 2. The van der Waals surface area contributed by atoms with Crippen LogP contribution in [0.1, 0.15) is 62.3 Å². The van der Waals surface area contributed by atoms with Crippen LogP contribution in [0.2, 0.25) is 0 Å². The summed E-state index contributed by atoms with van der Waals surface area (Å²) >= 11 is 1.68. The molecule has 0 bridgehead atoms. The Kier molecular flexibility index (Phi) is 4.57. The number of likely N-dealkylation sites (tertiary alicyclic amines) is 1. The third-order valence-electron chi connectivity index (χ3n) is 4.05. The van der Waals surface area contributed by atoms with Gasteiger partial charge in [-0.1, -0.05) is 19.0 Å². The summed E-state index contributed by atoms with van der Waals surface area (Å²) < 4.78 is 5.21. The minimum Gasteiger partial charge on any atom is -0.339 e. The lowest BCUT2D eigenvalue weighted by Crippen LogP contribution is -2.30. The molecule has 1 amide bonds. The van der Waals surface area contributed by atoms with Crippen LogP contribution in [0.4, 0.5) is 0 Å². The number of nitrogens with zero attached hydrogens (tertiary/aromatic N) is 3. The standard InChI is InChI=1S/C16H21N3O2S/c1-11(2)16-17-14(21-18-16)5-6-15(20)19-8-3-4-13(19)12-7-9-22-10-12/h7,9-11,13H,3-6,8H2,1-2H3/t13-/m0/s1. The second-order valence-electron chi connectivity index (χ2n) is 6.00. The van der Waals surface area contributed by atoms with Crippen molar-refractivity contribution in [3.63, 3.8) is 0 Å². The molecule has 2 aromatic rings. The summed E-state index contributed by atoms with van der Waals surface area (Å²) in [5.41, 5.74) is 1.26. The van der Waals surface area contributed by atoms with Crippen LogP contribution in [-0.4, -0.2) is 27.5 Å². The molecule has 22 heavy (non-hydrogen) atoms. The van der Waals surface area contributed by atoms with Crippen molar-refractivity contribution in [2.24, 2.45) is 0 Å². The maximum absolute atomic E-state index is 12.5. The van der Waals surface area contributed by atoms with Gasteiger partial charge in [0.2, 0.25) is 11.8 Å². The summed E-state index contributed by atoms with van der Waals surface area (Å²) in [6.07, 6.45) is 3.08. The smallest absolute Gasteiger partial charge is 0.227 e. The van der Waals surface area contributed by atoms with Crippen LogP contribution in [0.5, 0.6) is 0 Å². The van der Waals surface area contributed by atoms with Crippen LogP contribution in [0.3, 0.4) is 0 Å². The number of aryl methyl sites for hydroxylation is 1. The highest BCUT2D eigenvalue weighted by Gasteiger charge is 2.30. The number of thiophene rings is 1. The first-order chi connectivity index (χ1) is 10.6. The fourth-order valence-corrected chi connectivity index (χ4v) is 3.55. The van der Waals surface area contributed by atoms with Gasteiger partial charge in [-0.2, -0.15) is 16.3 Å². The van der Waals surface area contributed by atoms with Crippen LogP contribution < -0.4 is 0 Å². The second kappa shape index (κ2) is 6.60. The summed E-state index contributed by atoms with van der Waals surface area (Å²) in [6.45, 7) is 4.89. The average molecular weight is 319 g/mol. The predicted molar refractivity (Wildman–Crippen MR) is 84.7 cm³/mol. The van der Waals surface area contributed by atoms with E-state index in [4.69, 9.17) is 4.52 Å². The van der Waals surface area contributed by atoms with Gasteiger partial charge in [-0.15, -0.1) is 0 Å². The number of hydrogen-bond donors (Lipinski definition) is 0. The van der Waals surface area contributed by atoms with Gasteiger partial charge in [0, 0.05) is 25.3 Å². The van der Waals surface area contributed by atoms with Gasteiger partial charge in [-0.3, -0.25) is 4.79 Å². The largest absolute Gasteiger partial charge is 0.339 e. The van der Waals surface area contributed by atoms with Crippen molar-refractivity contribution >= 4 is 17.2 Å². The Bertz CT molecular complexity index is 621. The molecule has 1 atom stereocenters. The van der Waals surface area contributed by atoms with E-state index in [0.717, 1.165) is 19.4 Å². The molecule has 0 radical (unpaired) electrons. The monoisotopic (exact) mass is 319 g/mol. The Morgan fingerprint density at radius 2 is 2.41 bits per heavy atom. The van der Waals surface area contributed by atoms with Gasteiger partial charge < -0.3 is 9.42 Å². The Labute approximate surface area is 134 Å². The molecule has 0 aliphatic carbocycles. The van der Waals surface area contributed by atoms with Gasteiger partial charge >= 0.3 is 0 Å². The van der Waals surface area contributed by atoms with Crippen molar-refractivity contribution in [2.75, 3.05) is 6.54 Å². The lowest BCUT2D eigenvalue weighted by atomic mass is 10.1. The van der Waals surface area contributed by atoms with Crippen LogP contribution in [0.15, 0.2) is 21.3 Å². The van der Waals surface area contributed by atoms with E-state index in [0.29, 0.717) is 24.6 Å². The van der Waals surface area contributed by atoms with Gasteiger partial charge in [0.25, 0.3) is 0 Å². The van der Waals surface area contributed by atoms with Crippen molar-refractivity contribution in [3.8, 4) is 0 Å². The first kappa shape index (κ1) is 15.2. The number of hydrogen-bond acceptors (Lipinski definition) is 5. The fraction of sp³-hybridized carbons (Fsp3) is 0.562. The summed E-state index contributed by atoms with van der Waals surface area (Å²) in [4.78, 5) is 18.8. The first-order valence-electron chi connectivity index (χ1n) is 7.79. The van der Waals surface area contributed by atoms with Gasteiger partial charge in [0.15, 0.2) is 5.82 Å². The molecule has 2 aromatic heterocycles. The topological polar surface area (TPSA) is 59.2 Å². The average Bonchev–Trinajstić information content (AvgIpc) is 3.23. The number of carbonyl (C=O) groups is 1. The zero-order chi connectivity index (χ0) is 15.5. The highest BCUT2D eigenvalue weighted by molar-refractivity contribution is 7.07. The summed E-state index contributed by atoms with van der Waals surface area (Å²) in [6, 6.07) is 2.36. The molecule has 0 spiro atoms. The van der Waals surface area contributed by atoms with Gasteiger partial charge in [0.05, 0.1) is 6.04 Å². The van der Waals surface area contributed by atoms with Gasteiger partial charge in [0.1, 0.15) is 0 Å². The lowest BCUT2D eigenvalue weighted by molar-refractivity contribution is -0.132. The summed E-state index contributed by atoms with van der Waals surface area (Å²) in [5.74, 6) is 1.69. The molecule has 5 nitrogen and oxygen atoms in total. The Balaban J connectivity index is 1.59. The molecule has 1 aliphatic heterocycles. The van der Waals surface area contributed by atoms with E-state index in [1.807, 2.05) is 18.7 Å². The van der Waals surface area contributed by atoms with E-state index in [2.05, 4.69) is 27.0 Å². The number of rotatable bonds is 5. The molecular formula is C16H21N3O2S. The van der Waals surface area contributed by atoms with E-state index in [1.165, 1.54) is 5.56 Å². The van der Waals surface area contributed by atoms with Crippen molar-refractivity contribution in [3.05, 3.63) is 34.1 Å². The highest BCUT2D eigenvalue weighted by atomic mass is 32.1. The van der Waals surface area contributed by atoms with Gasteiger partial charge in [-0.05, 0) is 35.2 Å². The molecule has 0 aromatic carbocycles. The Hall–Kier alpha value is -1.69. The minimum atomic E-state index is 0.179. The van der Waals surface area contributed by atoms with Crippen LogP contribution in [-0.2, 0) is 11.2 Å². The lowest BCUT2D eigenvalue weighted by Gasteiger charge is -2.24. The second-order valence-corrected chi connectivity index (χ2v) is 6.78. The molecule has 6 heteroatoms. The quantitative estimate of drug-likeness (QED) is 0.845. The van der Waals surface area contributed by atoms with E-state index < -0.39 is 0 Å². The highest BCUT2D eigenvalue weighted by Crippen LogP contribution is 2.33. The van der Waals surface area contributed by atoms with Crippen LogP contribution in [0, 0.1) is 0 Å². The summed E-state index contributed by atoms with van der Waals surface area (Å²) in [5, 5.41) is 8.15. The normalized spacial score (nSPS) is 18.3. The molecular weight excluding hydrogens is 298 g/mol. The molecule has 3 rings (SSSR count). The van der Waals surface area contributed by atoms with E-state index in [9.17, 15) is 4.79 Å². The molecule has 1 fully saturated rings. The predicted octanol–water partition coefficient (Wildman–Crippen LogP) is 3.55. The molecule has 3 heterocycles. The zero-order valence-corrected chi connectivity index (χ0v) is 13.8. The Morgan fingerprint density at radius 3 is 3.09 bits per heavy atom. The van der Waals surface area contributed by atoms with E-state index in [-0.39, 0.29) is 17.9 Å². The fourth-order valence-electron chi connectivity index (χ4n) is 2.84. The maximum Gasteiger partial charge on any atom is 0.227 e. The van der Waals surface area contributed by atoms with Crippen molar-refractivity contribution in [2.45, 2.75) is 51.5 Å². The third-order valence-corrected chi connectivity index (χ3v) is 4.76. The molecule has 0 unspecified atom stereocenters. The molecule has 0 saturated carbocycles. The van der Waals surface area contributed by atoms with Crippen molar-refractivity contribution < 1.29 is 9.32 Å². The summed E-state index contributed by atoms with van der Waals surface area (Å²) in [7, 11) is 0. The zero-order valence-electron chi connectivity index (χ0n) is 13.0. The molecule has 1 saturated heterocycles. The van der Waals surface area contributed by atoms with E-state index in [1.54, 1.807) is 11.3 Å². The van der Waals surface area contributed by atoms with Crippen molar-refractivity contribution in [1.82, 2.24) is 15.0 Å². The van der Waals surface area contributed by atoms with E-state index >= 15 is 0 Å². The van der Waals surface area contributed by atoms with Gasteiger partial charge in [-0.25, -0.2) is 0 Å². The Morgan fingerprint density at radius 1 is 1.55 bits per heavy atom. The molecule has 1 aliphatic rings. The van der Waals surface area contributed by atoms with Crippen molar-refractivity contribution in [1.29, 1.82) is 0 Å². The van der Waals surface area contributed by atoms with Crippen LogP contribution in [0.25, 0.3) is 0 Å². The number of amides is 1. The number of carbonyl (C=O) groups excluding carboxylic acids is 1. The third kappa shape index (κ3) is 3.21. The molecule has 0 N–H and O–H groups in total. The SMILES string of the molecule is CC(C)c1noc(CCC(=O)N2CCC[C@H]2c2ccsc2)n1. The van der Waals surface area contributed by atoms with Crippen LogP contribution >= 0.6 is 11.3 Å². The molecule has 118 valence electrons. The maximum atomic E-state index is 12.5. The first-order valence-corrected chi connectivity index (χ1v) is 8.73. The minimum absolute atomic E-state index is 0.179.